The molecule has 1 amide bonds. The smallest absolute Gasteiger partial charge is 0.336 e. The van der Waals surface area contributed by atoms with Crippen molar-refractivity contribution < 1.29 is 14.5 Å². The van der Waals surface area contributed by atoms with Gasteiger partial charge >= 0.3 is 6.01 Å². The Balaban J connectivity index is 1.57. The maximum Gasteiger partial charge on any atom is 0.336 e. The summed E-state index contributed by atoms with van der Waals surface area (Å²) in [5, 5.41) is 18.0. The van der Waals surface area contributed by atoms with Crippen molar-refractivity contribution in [2.75, 3.05) is 11.9 Å². The molecule has 0 spiro atoms. The third-order valence-corrected chi connectivity index (χ3v) is 4.88. The lowest BCUT2D eigenvalue weighted by molar-refractivity contribution is -0.384. The van der Waals surface area contributed by atoms with Crippen LogP contribution in [0.4, 0.5) is 11.4 Å². The average molecular weight is 443 g/mol. The summed E-state index contributed by atoms with van der Waals surface area (Å²) in [6, 6.07) is 20.8. The van der Waals surface area contributed by atoms with E-state index in [1.165, 1.54) is 24.3 Å². The Morgan fingerprint density at radius 2 is 1.70 bits per heavy atom. The highest BCUT2D eigenvalue weighted by molar-refractivity contribution is 6.04. The predicted molar refractivity (Wildman–Crippen MR) is 124 cm³/mol. The molecule has 0 saturated heterocycles. The number of nitrogens with one attached hydrogen (secondary N) is 1. The van der Waals surface area contributed by atoms with Crippen molar-refractivity contribution in [3.63, 3.8) is 0 Å². The number of aromatic nitrogens is 3. The summed E-state index contributed by atoms with van der Waals surface area (Å²) in [4.78, 5) is 27.3. The first kappa shape index (κ1) is 21.7. The van der Waals surface area contributed by atoms with Gasteiger partial charge in [-0.05, 0) is 50.2 Å². The predicted octanol–water partition coefficient (Wildman–Crippen LogP) is 4.80. The lowest BCUT2D eigenvalue weighted by atomic mass is 10.1. The first-order valence-corrected chi connectivity index (χ1v) is 10.3. The number of aryl methyl sites for hydroxylation is 1. The zero-order valence-electron chi connectivity index (χ0n) is 18.1. The molecule has 166 valence electrons. The van der Waals surface area contributed by atoms with E-state index in [1.807, 2.05) is 50.2 Å². The zero-order valence-corrected chi connectivity index (χ0v) is 18.1. The third-order valence-electron chi connectivity index (χ3n) is 4.88. The monoisotopic (exact) mass is 443 g/mol. The van der Waals surface area contributed by atoms with Crippen molar-refractivity contribution >= 4 is 17.3 Å². The van der Waals surface area contributed by atoms with Crippen LogP contribution in [0.5, 0.6) is 6.01 Å². The molecule has 3 aromatic carbocycles. The Hall–Kier alpha value is -4.53. The van der Waals surface area contributed by atoms with Crippen LogP contribution in [0.3, 0.4) is 0 Å². The van der Waals surface area contributed by atoms with E-state index in [2.05, 4.69) is 15.4 Å². The fourth-order valence-electron chi connectivity index (χ4n) is 3.18. The van der Waals surface area contributed by atoms with Crippen molar-refractivity contribution in [1.82, 2.24) is 14.8 Å². The Kier molecular flexibility index (Phi) is 6.12. The summed E-state index contributed by atoms with van der Waals surface area (Å²) in [6.07, 6.45) is 0. The summed E-state index contributed by atoms with van der Waals surface area (Å²) in [7, 11) is 0. The minimum absolute atomic E-state index is 0.0699. The number of rotatable bonds is 7. The number of nitrogens with zero attached hydrogens (tertiary/aromatic N) is 4. The van der Waals surface area contributed by atoms with Gasteiger partial charge in [0.05, 0.1) is 17.2 Å². The maximum atomic E-state index is 12.5. The van der Waals surface area contributed by atoms with Crippen LogP contribution < -0.4 is 10.1 Å². The maximum absolute atomic E-state index is 12.5. The second kappa shape index (κ2) is 9.31. The molecule has 33 heavy (non-hydrogen) atoms. The van der Waals surface area contributed by atoms with Crippen LogP contribution in [0.25, 0.3) is 17.1 Å². The zero-order chi connectivity index (χ0) is 23.4. The van der Waals surface area contributed by atoms with E-state index in [-0.39, 0.29) is 17.6 Å². The van der Waals surface area contributed by atoms with Crippen LogP contribution in [0.1, 0.15) is 22.8 Å². The summed E-state index contributed by atoms with van der Waals surface area (Å²) in [5.74, 6) is 0.276. The van der Waals surface area contributed by atoms with Gasteiger partial charge in [0.15, 0.2) is 5.82 Å². The normalized spacial score (nSPS) is 10.6. The molecule has 4 aromatic rings. The topological polar surface area (TPSA) is 112 Å². The number of non-ortho nitro benzene ring substituents is 1. The number of nitro groups is 1. The molecular formula is C24H21N5O4. The number of hydrogen-bond donors (Lipinski definition) is 1. The number of anilines is 1. The minimum Gasteiger partial charge on any atom is -0.463 e. The second-order valence-electron chi connectivity index (χ2n) is 7.23. The third kappa shape index (κ3) is 4.87. The van der Waals surface area contributed by atoms with Crippen LogP contribution in [0.2, 0.25) is 0 Å². The molecule has 0 aliphatic heterocycles. The Bertz CT molecular complexity index is 1280. The van der Waals surface area contributed by atoms with E-state index in [0.29, 0.717) is 23.7 Å². The SMILES string of the molecule is CCOc1nc(-c2ccc(C)cc2)n(-c2ccc(NC(=O)c3ccc([N+](=O)[O-])cc3)cc2)n1. The lowest BCUT2D eigenvalue weighted by Crippen LogP contribution is -2.12. The number of benzene rings is 3. The number of carbonyl (C=O) groups excluding carboxylic acids is 1. The molecule has 0 aliphatic rings. The van der Waals surface area contributed by atoms with Crippen LogP contribution in [-0.4, -0.2) is 32.2 Å². The van der Waals surface area contributed by atoms with Crippen LogP contribution in [0.15, 0.2) is 72.8 Å². The quantitative estimate of drug-likeness (QED) is 0.324. The molecule has 0 atom stereocenters. The van der Waals surface area contributed by atoms with E-state index in [4.69, 9.17) is 4.74 Å². The van der Waals surface area contributed by atoms with Gasteiger partial charge in [0.1, 0.15) is 0 Å². The number of ether oxygens (including phenoxy) is 1. The fraction of sp³-hybridized carbons (Fsp3) is 0.125. The van der Waals surface area contributed by atoms with E-state index < -0.39 is 4.92 Å². The molecule has 0 fully saturated rings. The molecule has 9 heteroatoms. The van der Waals surface area contributed by atoms with Gasteiger partial charge in [-0.3, -0.25) is 14.9 Å². The number of nitro benzene ring substituents is 1. The highest BCUT2D eigenvalue weighted by Crippen LogP contribution is 2.25. The summed E-state index contributed by atoms with van der Waals surface area (Å²) in [5.41, 5.74) is 3.61. The Morgan fingerprint density at radius 3 is 2.30 bits per heavy atom. The fourth-order valence-corrected chi connectivity index (χ4v) is 3.18. The van der Waals surface area contributed by atoms with Gasteiger partial charge in [0.2, 0.25) is 0 Å². The Labute approximate surface area is 189 Å². The molecule has 4 rings (SSSR count). The van der Waals surface area contributed by atoms with E-state index in [9.17, 15) is 14.9 Å². The molecule has 0 aliphatic carbocycles. The van der Waals surface area contributed by atoms with Crippen molar-refractivity contribution in [2.45, 2.75) is 13.8 Å². The van der Waals surface area contributed by atoms with Gasteiger partial charge < -0.3 is 10.1 Å². The van der Waals surface area contributed by atoms with Gasteiger partial charge in [-0.25, -0.2) is 4.68 Å². The summed E-state index contributed by atoms with van der Waals surface area (Å²) < 4.78 is 7.19. The molecule has 1 N–H and O–H groups in total. The minimum atomic E-state index is -0.508. The van der Waals surface area contributed by atoms with Crippen molar-refractivity contribution in [2.24, 2.45) is 0 Å². The highest BCUT2D eigenvalue weighted by Gasteiger charge is 2.15. The van der Waals surface area contributed by atoms with Crippen LogP contribution in [-0.2, 0) is 0 Å². The average Bonchev–Trinajstić information content (AvgIpc) is 3.24. The standard InChI is InChI=1S/C24H21N5O4/c1-3-33-24-26-22(17-6-4-16(2)5-7-17)28(27-24)20-14-10-19(11-15-20)25-23(30)18-8-12-21(13-9-18)29(31)32/h4-15H,3H2,1-2H3,(H,25,30). The Morgan fingerprint density at radius 1 is 1.03 bits per heavy atom. The molecule has 0 saturated carbocycles. The van der Waals surface area contributed by atoms with Gasteiger partial charge in [-0.2, -0.15) is 4.98 Å². The summed E-state index contributed by atoms with van der Waals surface area (Å²) >= 11 is 0. The van der Waals surface area contributed by atoms with Crippen molar-refractivity contribution in [1.29, 1.82) is 0 Å². The number of carbonyl (C=O) groups is 1. The molecule has 1 aromatic heterocycles. The molecule has 0 unspecified atom stereocenters. The largest absolute Gasteiger partial charge is 0.463 e. The first-order valence-electron chi connectivity index (χ1n) is 10.3. The molecule has 9 nitrogen and oxygen atoms in total. The number of amides is 1. The highest BCUT2D eigenvalue weighted by atomic mass is 16.6. The lowest BCUT2D eigenvalue weighted by Gasteiger charge is -2.09. The molecule has 0 bridgehead atoms. The first-order chi connectivity index (χ1) is 15.9. The van der Waals surface area contributed by atoms with Gasteiger partial charge in [0, 0.05) is 28.9 Å². The number of hydrogen-bond acceptors (Lipinski definition) is 6. The van der Waals surface area contributed by atoms with E-state index in [0.717, 1.165) is 16.8 Å². The molecule has 0 radical (unpaired) electrons. The van der Waals surface area contributed by atoms with Crippen molar-refractivity contribution in [3.05, 3.63) is 94.0 Å². The second-order valence-corrected chi connectivity index (χ2v) is 7.23. The van der Waals surface area contributed by atoms with Gasteiger partial charge in [-0.1, -0.05) is 29.8 Å². The molecule has 1 heterocycles. The van der Waals surface area contributed by atoms with Crippen LogP contribution in [0, 0.1) is 17.0 Å². The van der Waals surface area contributed by atoms with Crippen LogP contribution >= 0.6 is 0 Å². The van der Waals surface area contributed by atoms with Crippen molar-refractivity contribution in [3.8, 4) is 23.1 Å². The van der Waals surface area contributed by atoms with Gasteiger partial charge in [-0.15, -0.1) is 5.10 Å². The van der Waals surface area contributed by atoms with E-state index >= 15 is 0 Å². The van der Waals surface area contributed by atoms with E-state index in [1.54, 1.807) is 16.8 Å². The van der Waals surface area contributed by atoms with Gasteiger partial charge in [0.25, 0.3) is 11.6 Å². The summed E-state index contributed by atoms with van der Waals surface area (Å²) in [6.45, 7) is 4.34. The molecular weight excluding hydrogens is 422 g/mol.